The molecule has 5 heteroatoms. The second-order valence-corrected chi connectivity index (χ2v) is 4.67. The van der Waals surface area contributed by atoms with Crippen LogP contribution in [0, 0.1) is 0 Å². The van der Waals surface area contributed by atoms with Gasteiger partial charge in [0.25, 0.3) is 0 Å². The van der Waals surface area contributed by atoms with Gasteiger partial charge in [0, 0.05) is 12.6 Å². The molecule has 1 heterocycles. The zero-order chi connectivity index (χ0) is 13.2. The lowest BCUT2D eigenvalue weighted by Gasteiger charge is -2.36. The van der Waals surface area contributed by atoms with Crippen LogP contribution in [0.1, 0.15) is 37.6 Å². The standard InChI is InChI=1S/C12H19N3O2/c1-5-12(2,3)15(4)10-9(11(16)17)6-8(13)7-14-10/h6-7H,5,13H2,1-4H3,(H,16,17). The normalized spacial score (nSPS) is 11.3. The first-order chi connectivity index (χ1) is 7.79. The molecule has 0 radical (unpaired) electrons. The predicted molar refractivity (Wildman–Crippen MR) is 68.4 cm³/mol. The number of carboxylic acid groups (broad SMARTS) is 1. The monoisotopic (exact) mass is 237 g/mol. The Bertz CT molecular complexity index is 430. The van der Waals surface area contributed by atoms with Gasteiger partial charge in [-0.25, -0.2) is 9.78 Å². The van der Waals surface area contributed by atoms with Crippen LogP contribution < -0.4 is 10.6 Å². The quantitative estimate of drug-likeness (QED) is 0.837. The lowest BCUT2D eigenvalue weighted by Crippen LogP contribution is -2.41. The van der Waals surface area contributed by atoms with E-state index in [1.807, 2.05) is 32.7 Å². The SMILES string of the molecule is CCC(C)(C)N(C)c1ncc(N)cc1C(=O)O. The van der Waals surface area contributed by atoms with Crippen molar-refractivity contribution >= 4 is 17.5 Å². The first-order valence-corrected chi connectivity index (χ1v) is 5.52. The van der Waals surface area contributed by atoms with Gasteiger partial charge < -0.3 is 15.7 Å². The summed E-state index contributed by atoms with van der Waals surface area (Å²) in [5, 5.41) is 9.16. The van der Waals surface area contributed by atoms with Crippen molar-refractivity contribution in [2.24, 2.45) is 0 Å². The van der Waals surface area contributed by atoms with Gasteiger partial charge in [-0.1, -0.05) is 6.92 Å². The van der Waals surface area contributed by atoms with Crippen molar-refractivity contribution in [1.29, 1.82) is 0 Å². The second-order valence-electron chi connectivity index (χ2n) is 4.67. The Kier molecular flexibility index (Phi) is 3.60. The van der Waals surface area contributed by atoms with Crippen molar-refractivity contribution in [2.45, 2.75) is 32.7 Å². The lowest BCUT2D eigenvalue weighted by molar-refractivity contribution is 0.0697. The summed E-state index contributed by atoms with van der Waals surface area (Å²) in [5.74, 6) is -0.572. The van der Waals surface area contributed by atoms with Crippen LogP contribution in [-0.2, 0) is 0 Å². The molecule has 0 atom stereocenters. The number of rotatable bonds is 4. The topological polar surface area (TPSA) is 79.5 Å². The van der Waals surface area contributed by atoms with Crippen molar-refractivity contribution in [3.05, 3.63) is 17.8 Å². The molecule has 0 amide bonds. The van der Waals surface area contributed by atoms with Crippen LogP contribution >= 0.6 is 0 Å². The van der Waals surface area contributed by atoms with E-state index < -0.39 is 5.97 Å². The average molecular weight is 237 g/mol. The Morgan fingerprint density at radius 1 is 1.59 bits per heavy atom. The summed E-state index contributed by atoms with van der Waals surface area (Å²) in [7, 11) is 1.84. The first kappa shape index (κ1) is 13.3. The van der Waals surface area contributed by atoms with E-state index in [2.05, 4.69) is 4.98 Å². The Morgan fingerprint density at radius 2 is 2.18 bits per heavy atom. The van der Waals surface area contributed by atoms with Gasteiger partial charge in [-0.15, -0.1) is 0 Å². The highest BCUT2D eigenvalue weighted by Crippen LogP contribution is 2.27. The smallest absolute Gasteiger partial charge is 0.339 e. The molecule has 0 spiro atoms. The third kappa shape index (κ3) is 2.67. The molecule has 0 aliphatic carbocycles. The molecule has 0 unspecified atom stereocenters. The molecule has 0 fully saturated rings. The van der Waals surface area contributed by atoms with Gasteiger partial charge in [0.2, 0.25) is 0 Å². The largest absolute Gasteiger partial charge is 0.478 e. The Balaban J connectivity index is 3.26. The third-order valence-corrected chi connectivity index (χ3v) is 3.21. The van der Waals surface area contributed by atoms with Crippen LogP contribution in [0.5, 0.6) is 0 Å². The summed E-state index contributed by atoms with van der Waals surface area (Å²) in [4.78, 5) is 17.2. The van der Waals surface area contributed by atoms with E-state index in [-0.39, 0.29) is 11.1 Å². The molecular weight excluding hydrogens is 218 g/mol. The van der Waals surface area contributed by atoms with E-state index in [1.165, 1.54) is 12.3 Å². The molecule has 0 saturated carbocycles. The molecule has 1 aromatic rings. The number of carboxylic acids is 1. The first-order valence-electron chi connectivity index (χ1n) is 5.52. The van der Waals surface area contributed by atoms with Crippen molar-refractivity contribution < 1.29 is 9.90 Å². The lowest BCUT2D eigenvalue weighted by atomic mass is 9.99. The van der Waals surface area contributed by atoms with Gasteiger partial charge in [0.1, 0.15) is 11.4 Å². The second kappa shape index (κ2) is 4.61. The van der Waals surface area contributed by atoms with Crippen LogP contribution in [0.3, 0.4) is 0 Å². The number of nitrogen functional groups attached to an aromatic ring is 1. The number of aromatic carboxylic acids is 1. The van der Waals surface area contributed by atoms with E-state index in [0.717, 1.165) is 6.42 Å². The van der Waals surface area contributed by atoms with E-state index in [0.29, 0.717) is 11.5 Å². The van der Waals surface area contributed by atoms with E-state index in [4.69, 9.17) is 10.8 Å². The molecule has 0 saturated heterocycles. The van der Waals surface area contributed by atoms with Crippen molar-refractivity contribution in [1.82, 2.24) is 4.98 Å². The van der Waals surface area contributed by atoms with E-state index in [9.17, 15) is 4.79 Å². The van der Waals surface area contributed by atoms with Crippen LogP contribution in [0.4, 0.5) is 11.5 Å². The Hall–Kier alpha value is -1.78. The molecule has 0 aromatic carbocycles. The van der Waals surface area contributed by atoms with E-state index in [1.54, 1.807) is 0 Å². The highest BCUT2D eigenvalue weighted by Gasteiger charge is 2.26. The summed E-state index contributed by atoms with van der Waals surface area (Å²) < 4.78 is 0. The summed E-state index contributed by atoms with van der Waals surface area (Å²) in [6.07, 6.45) is 2.36. The van der Waals surface area contributed by atoms with Gasteiger partial charge >= 0.3 is 5.97 Å². The molecule has 0 bridgehead atoms. The Morgan fingerprint density at radius 3 is 2.65 bits per heavy atom. The Labute approximate surface area is 101 Å². The number of carbonyl (C=O) groups is 1. The summed E-state index contributed by atoms with van der Waals surface area (Å²) >= 11 is 0. The highest BCUT2D eigenvalue weighted by molar-refractivity contribution is 5.94. The average Bonchev–Trinajstić information content (AvgIpc) is 2.28. The van der Waals surface area contributed by atoms with Gasteiger partial charge in [-0.2, -0.15) is 0 Å². The minimum atomic E-state index is -1.02. The third-order valence-electron chi connectivity index (χ3n) is 3.21. The molecule has 17 heavy (non-hydrogen) atoms. The van der Waals surface area contributed by atoms with Gasteiger partial charge in [-0.3, -0.25) is 0 Å². The number of nitrogens with two attached hydrogens (primary N) is 1. The zero-order valence-electron chi connectivity index (χ0n) is 10.7. The zero-order valence-corrected chi connectivity index (χ0v) is 10.7. The fourth-order valence-corrected chi connectivity index (χ4v) is 1.42. The molecular formula is C12H19N3O2. The van der Waals surface area contributed by atoms with Crippen LogP contribution in [0.2, 0.25) is 0 Å². The van der Waals surface area contributed by atoms with Crippen LogP contribution in [0.15, 0.2) is 12.3 Å². The molecule has 94 valence electrons. The molecule has 1 aromatic heterocycles. The molecule has 0 aliphatic heterocycles. The fourth-order valence-electron chi connectivity index (χ4n) is 1.42. The van der Waals surface area contributed by atoms with Gasteiger partial charge in [0.05, 0.1) is 11.9 Å². The fraction of sp³-hybridized carbons (Fsp3) is 0.500. The van der Waals surface area contributed by atoms with Crippen LogP contribution in [-0.4, -0.2) is 28.6 Å². The van der Waals surface area contributed by atoms with Crippen molar-refractivity contribution in [3.63, 3.8) is 0 Å². The summed E-state index contributed by atoms with van der Waals surface area (Å²) in [6.45, 7) is 6.13. The summed E-state index contributed by atoms with van der Waals surface area (Å²) in [5.41, 5.74) is 5.89. The molecule has 3 N–H and O–H groups in total. The van der Waals surface area contributed by atoms with Crippen molar-refractivity contribution in [2.75, 3.05) is 17.7 Å². The molecule has 0 aliphatic rings. The maximum atomic E-state index is 11.2. The number of anilines is 2. The van der Waals surface area contributed by atoms with Gasteiger partial charge in [-0.05, 0) is 26.3 Å². The number of hydrogen-bond donors (Lipinski definition) is 2. The number of aromatic nitrogens is 1. The minimum Gasteiger partial charge on any atom is -0.478 e. The highest BCUT2D eigenvalue weighted by atomic mass is 16.4. The number of pyridine rings is 1. The number of hydrogen-bond acceptors (Lipinski definition) is 4. The summed E-state index contributed by atoms with van der Waals surface area (Å²) in [6, 6.07) is 1.44. The maximum absolute atomic E-state index is 11.2. The van der Waals surface area contributed by atoms with E-state index >= 15 is 0 Å². The van der Waals surface area contributed by atoms with Crippen LogP contribution in [0.25, 0.3) is 0 Å². The maximum Gasteiger partial charge on any atom is 0.339 e. The van der Waals surface area contributed by atoms with Crippen molar-refractivity contribution in [3.8, 4) is 0 Å². The van der Waals surface area contributed by atoms with Gasteiger partial charge in [0.15, 0.2) is 0 Å². The number of nitrogens with zero attached hydrogens (tertiary/aromatic N) is 2. The molecule has 1 rings (SSSR count). The predicted octanol–water partition coefficient (Wildman–Crippen LogP) is 1.99. The minimum absolute atomic E-state index is 0.133. The molecule has 5 nitrogen and oxygen atoms in total.